The van der Waals surface area contributed by atoms with Gasteiger partial charge in [-0.2, -0.15) is 11.8 Å². The number of nitrogens with zero attached hydrogens (tertiary/aromatic N) is 1. The van der Waals surface area contributed by atoms with Gasteiger partial charge in [0.2, 0.25) is 0 Å². The van der Waals surface area contributed by atoms with Crippen LogP contribution in [0.4, 0.5) is 5.69 Å². The average Bonchev–Trinajstić information content (AvgIpc) is 2.81. The van der Waals surface area contributed by atoms with Crippen LogP contribution in [0.1, 0.15) is 12.0 Å². The van der Waals surface area contributed by atoms with Crippen LogP contribution in [-0.2, 0) is 5.33 Å². The van der Waals surface area contributed by atoms with Gasteiger partial charge in [0.15, 0.2) is 0 Å². The van der Waals surface area contributed by atoms with Crippen molar-refractivity contribution in [1.29, 1.82) is 0 Å². The third kappa shape index (κ3) is 2.52. The van der Waals surface area contributed by atoms with E-state index in [4.69, 9.17) is 11.6 Å². The van der Waals surface area contributed by atoms with Gasteiger partial charge in [-0.15, -0.1) is 0 Å². The van der Waals surface area contributed by atoms with E-state index in [1.807, 2.05) is 23.9 Å². The third-order valence-electron chi connectivity index (χ3n) is 3.02. The van der Waals surface area contributed by atoms with E-state index in [1.165, 1.54) is 29.2 Å². The van der Waals surface area contributed by atoms with E-state index in [9.17, 15) is 0 Å². The summed E-state index contributed by atoms with van der Waals surface area (Å²) in [5, 5.41) is 1.71. The molecular weight excluding hydrogens is 306 g/mol. The van der Waals surface area contributed by atoms with E-state index in [0.717, 1.165) is 10.4 Å². The van der Waals surface area contributed by atoms with Crippen molar-refractivity contribution in [2.75, 3.05) is 23.5 Å². The fraction of sp³-hybridized carbons (Fsp3) is 0.500. The topological polar surface area (TPSA) is 3.24 Å². The second-order valence-electron chi connectivity index (χ2n) is 4.01. The smallest absolute Gasteiger partial charge is 0.0642 e. The molecule has 1 unspecified atom stereocenters. The number of hydrogen-bond acceptors (Lipinski definition) is 2. The van der Waals surface area contributed by atoms with E-state index >= 15 is 0 Å². The zero-order valence-electron chi connectivity index (χ0n) is 9.25. The summed E-state index contributed by atoms with van der Waals surface area (Å²) in [5.74, 6) is 2.48. The molecule has 0 amide bonds. The number of hydrogen-bond donors (Lipinski definition) is 0. The molecule has 88 valence electrons. The van der Waals surface area contributed by atoms with Gasteiger partial charge in [0.25, 0.3) is 0 Å². The summed E-state index contributed by atoms with van der Waals surface area (Å²) < 4.78 is 0. The van der Waals surface area contributed by atoms with Crippen LogP contribution < -0.4 is 4.90 Å². The Hall–Kier alpha value is 0.140. The Bertz CT molecular complexity index is 366. The molecule has 0 saturated carbocycles. The summed E-state index contributed by atoms with van der Waals surface area (Å²) in [7, 11) is 2.16. The van der Waals surface area contributed by atoms with E-state index in [-0.39, 0.29) is 0 Å². The Labute approximate surface area is 115 Å². The molecule has 1 heterocycles. The highest BCUT2D eigenvalue weighted by Crippen LogP contribution is 2.34. The Balaban J connectivity index is 2.30. The Morgan fingerprint density at radius 1 is 1.56 bits per heavy atom. The Kier molecular flexibility index (Phi) is 4.45. The molecule has 0 radical (unpaired) electrons. The lowest BCUT2D eigenvalue weighted by Crippen LogP contribution is -2.32. The van der Waals surface area contributed by atoms with Gasteiger partial charge in [0.1, 0.15) is 0 Å². The molecule has 1 saturated heterocycles. The largest absolute Gasteiger partial charge is 0.369 e. The molecule has 1 aliphatic heterocycles. The normalized spacial score (nSPS) is 20.1. The fourth-order valence-electron chi connectivity index (χ4n) is 2.07. The first-order chi connectivity index (χ1) is 7.74. The lowest BCUT2D eigenvalue weighted by molar-refractivity contribution is 0.698. The first-order valence-electron chi connectivity index (χ1n) is 5.38. The Morgan fingerprint density at radius 3 is 3.00 bits per heavy atom. The van der Waals surface area contributed by atoms with Crippen LogP contribution in [0.15, 0.2) is 18.2 Å². The number of rotatable bonds is 3. The number of halogens is 2. The van der Waals surface area contributed by atoms with Crippen molar-refractivity contribution in [3.63, 3.8) is 0 Å². The van der Waals surface area contributed by atoms with Gasteiger partial charge in [-0.25, -0.2) is 0 Å². The first-order valence-corrected chi connectivity index (χ1v) is 8.03. The first kappa shape index (κ1) is 12.6. The summed E-state index contributed by atoms with van der Waals surface area (Å²) in [4.78, 5) is 2.35. The van der Waals surface area contributed by atoms with E-state index in [1.54, 1.807) is 0 Å². The second-order valence-corrected chi connectivity index (χ2v) is 6.13. The summed E-state index contributed by atoms with van der Waals surface area (Å²) in [6.45, 7) is 0. The molecule has 4 heteroatoms. The van der Waals surface area contributed by atoms with Gasteiger partial charge in [-0.3, -0.25) is 0 Å². The second kappa shape index (κ2) is 5.65. The Morgan fingerprint density at radius 2 is 2.38 bits per heavy atom. The molecule has 1 aromatic rings. The monoisotopic (exact) mass is 319 g/mol. The van der Waals surface area contributed by atoms with Gasteiger partial charge < -0.3 is 4.90 Å². The number of para-hydroxylation sites is 1. The fourth-order valence-corrected chi connectivity index (χ4v) is 4.12. The predicted octanol–water partition coefficient (Wildman–Crippen LogP) is 4.18. The van der Waals surface area contributed by atoms with Crippen molar-refractivity contribution >= 4 is 45.0 Å². The zero-order valence-corrected chi connectivity index (χ0v) is 12.4. The molecule has 16 heavy (non-hydrogen) atoms. The van der Waals surface area contributed by atoms with Crippen molar-refractivity contribution in [2.45, 2.75) is 17.8 Å². The maximum atomic E-state index is 6.31. The van der Waals surface area contributed by atoms with Crippen LogP contribution >= 0.6 is 39.3 Å². The van der Waals surface area contributed by atoms with Crippen molar-refractivity contribution in [3.05, 3.63) is 28.8 Å². The quantitative estimate of drug-likeness (QED) is 0.769. The molecule has 2 rings (SSSR count). The molecule has 0 aromatic heterocycles. The SMILES string of the molecule is CN(c1c(Cl)cccc1CBr)C1CCSC1. The summed E-state index contributed by atoms with van der Waals surface area (Å²) in [6, 6.07) is 6.75. The lowest BCUT2D eigenvalue weighted by atomic mass is 10.1. The van der Waals surface area contributed by atoms with Gasteiger partial charge in [0, 0.05) is 24.2 Å². The third-order valence-corrected chi connectivity index (χ3v) is 5.07. The van der Waals surface area contributed by atoms with Crippen LogP contribution in [0.25, 0.3) is 0 Å². The van der Waals surface area contributed by atoms with Crippen LogP contribution in [-0.4, -0.2) is 24.6 Å². The van der Waals surface area contributed by atoms with Crippen LogP contribution in [0.3, 0.4) is 0 Å². The van der Waals surface area contributed by atoms with E-state index in [0.29, 0.717) is 6.04 Å². The maximum absolute atomic E-state index is 6.31. The minimum Gasteiger partial charge on any atom is -0.369 e. The highest BCUT2D eigenvalue weighted by molar-refractivity contribution is 9.08. The number of alkyl halides is 1. The van der Waals surface area contributed by atoms with Gasteiger partial charge in [0.05, 0.1) is 10.7 Å². The summed E-state index contributed by atoms with van der Waals surface area (Å²) in [5.41, 5.74) is 2.46. The summed E-state index contributed by atoms with van der Waals surface area (Å²) in [6.07, 6.45) is 1.26. The number of anilines is 1. The molecule has 0 aliphatic carbocycles. The molecule has 1 aliphatic rings. The molecular formula is C12H15BrClNS. The van der Waals surface area contributed by atoms with Gasteiger partial charge in [-0.1, -0.05) is 39.7 Å². The minimum atomic E-state index is 0.627. The highest BCUT2D eigenvalue weighted by Gasteiger charge is 2.23. The molecule has 1 atom stereocenters. The molecule has 0 N–H and O–H groups in total. The standard InChI is InChI=1S/C12H15BrClNS/c1-15(10-5-6-16-8-10)12-9(7-13)3-2-4-11(12)14/h2-4,10H,5-8H2,1H3. The lowest BCUT2D eigenvalue weighted by Gasteiger charge is -2.28. The van der Waals surface area contributed by atoms with Crippen molar-refractivity contribution < 1.29 is 0 Å². The molecule has 0 bridgehead atoms. The van der Waals surface area contributed by atoms with Crippen LogP contribution in [0.2, 0.25) is 5.02 Å². The predicted molar refractivity (Wildman–Crippen MR) is 78.2 cm³/mol. The molecule has 0 spiro atoms. The average molecular weight is 321 g/mol. The summed E-state index contributed by atoms with van der Waals surface area (Å²) >= 11 is 11.9. The van der Waals surface area contributed by atoms with Crippen molar-refractivity contribution in [2.24, 2.45) is 0 Å². The van der Waals surface area contributed by atoms with Crippen LogP contribution in [0, 0.1) is 0 Å². The highest BCUT2D eigenvalue weighted by atomic mass is 79.9. The van der Waals surface area contributed by atoms with E-state index in [2.05, 4.69) is 33.9 Å². The van der Waals surface area contributed by atoms with Gasteiger partial charge >= 0.3 is 0 Å². The van der Waals surface area contributed by atoms with Gasteiger partial charge in [-0.05, 0) is 23.8 Å². The minimum absolute atomic E-state index is 0.627. The van der Waals surface area contributed by atoms with Crippen molar-refractivity contribution in [3.8, 4) is 0 Å². The maximum Gasteiger partial charge on any atom is 0.0642 e. The van der Waals surface area contributed by atoms with Crippen molar-refractivity contribution in [1.82, 2.24) is 0 Å². The number of benzene rings is 1. The zero-order chi connectivity index (χ0) is 11.5. The number of thioether (sulfide) groups is 1. The molecule has 1 nitrogen and oxygen atoms in total. The van der Waals surface area contributed by atoms with E-state index < -0.39 is 0 Å². The molecule has 1 aromatic carbocycles. The molecule has 1 fully saturated rings. The van der Waals surface area contributed by atoms with Crippen LogP contribution in [0.5, 0.6) is 0 Å².